The topological polar surface area (TPSA) is 20.3 Å². The summed E-state index contributed by atoms with van der Waals surface area (Å²) >= 11 is 3.76. The number of hydrogen-bond acceptors (Lipinski definition) is 1. The van der Waals surface area contributed by atoms with Gasteiger partial charge in [-0.15, -0.1) is 0 Å². The van der Waals surface area contributed by atoms with Crippen LogP contribution in [-0.4, -0.2) is 28.7 Å². The van der Waals surface area contributed by atoms with Crippen molar-refractivity contribution in [2.45, 2.75) is 48.9 Å². The minimum Gasteiger partial charge on any atom is -0.341 e. The van der Waals surface area contributed by atoms with E-state index in [0.717, 1.165) is 12.8 Å². The molecule has 1 aromatic carbocycles. The van der Waals surface area contributed by atoms with Crippen LogP contribution in [0.2, 0.25) is 0 Å². The zero-order valence-electron chi connectivity index (χ0n) is 12.0. The van der Waals surface area contributed by atoms with Crippen LogP contribution >= 0.6 is 15.9 Å². The molecule has 1 amide bonds. The first-order valence-corrected chi connectivity index (χ1v) is 8.55. The molecule has 2 nitrogen and oxygen atoms in total. The van der Waals surface area contributed by atoms with Crippen LogP contribution in [0.25, 0.3) is 0 Å². The molecule has 2 fully saturated rings. The molecule has 1 aromatic rings. The van der Waals surface area contributed by atoms with E-state index in [0.29, 0.717) is 22.7 Å². The molecule has 4 atom stereocenters. The van der Waals surface area contributed by atoms with Crippen LogP contribution in [0.5, 0.6) is 0 Å². The SMILES string of the molecule is CN(C(=O)C1CC1c1ccccc1)C1CCCCC1Br. The molecule has 0 aromatic heterocycles. The van der Waals surface area contributed by atoms with E-state index < -0.39 is 0 Å². The average molecular weight is 336 g/mol. The van der Waals surface area contributed by atoms with Gasteiger partial charge in [0.15, 0.2) is 0 Å². The molecule has 20 heavy (non-hydrogen) atoms. The first kappa shape index (κ1) is 14.1. The molecule has 0 heterocycles. The average Bonchev–Trinajstić information content (AvgIpc) is 3.28. The van der Waals surface area contributed by atoms with Crippen molar-refractivity contribution in [2.24, 2.45) is 5.92 Å². The highest BCUT2D eigenvalue weighted by atomic mass is 79.9. The Morgan fingerprint density at radius 1 is 1.20 bits per heavy atom. The molecule has 0 bridgehead atoms. The molecule has 2 saturated carbocycles. The summed E-state index contributed by atoms with van der Waals surface area (Å²) < 4.78 is 0. The molecule has 3 rings (SSSR count). The smallest absolute Gasteiger partial charge is 0.226 e. The van der Waals surface area contributed by atoms with Crippen molar-refractivity contribution in [1.82, 2.24) is 4.90 Å². The summed E-state index contributed by atoms with van der Waals surface area (Å²) in [5.41, 5.74) is 1.32. The zero-order chi connectivity index (χ0) is 14.1. The monoisotopic (exact) mass is 335 g/mol. The number of nitrogens with zero attached hydrogens (tertiary/aromatic N) is 1. The van der Waals surface area contributed by atoms with E-state index in [9.17, 15) is 4.79 Å². The van der Waals surface area contributed by atoms with Crippen LogP contribution in [-0.2, 0) is 4.79 Å². The first-order chi connectivity index (χ1) is 9.68. The molecule has 2 aliphatic rings. The summed E-state index contributed by atoms with van der Waals surface area (Å²) in [6.45, 7) is 0. The van der Waals surface area contributed by atoms with E-state index in [4.69, 9.17) is 0 Å². The van der Waals surface area contributed by atoms with Crippen molar-refractivity contribution in [3.63, 3.8) is 0 Å². The van der Waals surface area contributed by atoms with E-state index in [1.54, 1.807) is 0 Å². The summed E-state index contributed by atoms with van der Waals surface area (Å²) in [5, 5.41) is 0. The third-order valence-corrected chi connectivity index (χ3v) is 5.90. The van der Waals surface area contributed by atoms with Crippen molar-refractivity contribution < 1.29 is 4.79 Å². The normalized spacial score (nSPS) is 32.7. The Hall–Kier alpha value is -0.830. The fraction of sp³-hybridized carbons (Fsp3) is 0.588. The van der Waals surface area contributed by atoms with E-state index in [2.05, 4.69) is 40.2 Å². The molecular formula is C17H22BrNO. The second kappa shape index (κ2) is 5.88. The predicted octanol–water partition coefficient (Wildman–Crippen LogP) is 3.95. The Labute approximate surface area is 129 Å². The van der Waals surface area contributed by atoms with E-state index in [-0.39, 0.29) is 5.92 Å². The van der Waals surface area contributed by atoms with Crippen LogP contribution in [0.15, 0.2) is 30.3 Å². The Morgan fingerprint density at radius 2 is 1.90 bits per heavy atom. The number of alkyl halides is 1. The van der Waals surface area contributed by atoms with Gasteiger partial charge in [-0.05, 0) is 30.7 Å². The molecule has 0 saturated heterocycles. The van der Waals surface area contributed by atoms with Gasteiger partial charge in [-0.25, -0.2) is 0 Å². The minimum absolute atomic E-state index is 0.212. The molecule has 0 N–H and O–H groups in total. The number of carbonyl (C=O) groups is 1. The number of benzene rings is 1. The van der Waals surface area contributed by atoms with Gasteiger partial charge in [0.25, 0.3) is 0 Å². The maximum Gasteiger partial charge on any atom is 0.226 e. The number of rotatable bonds is 3. The van der Waals surface area contributed by atoms with Crippen molar-refractivity contribution in [3.05, 3.63) is 35.9 Å². The molecule has 108 valence electrons. The third-order valence-electron chi connectivity index (χ3n) is 4.83. The van der Waals surface area contributed by atoms with Crippen LogP contribution in [0.1, 0.15) is 43.6 Å². The van der Waals surface area contributed by atoms with Crippen LogP contribution < -0.4 is 0 Å². The maximum absolute atomic E-state index is 12.6. The van der Waals surface area contributed by atoms with Crippen molar-refractivity contribution >= 4 is 21.8 Å². The molecule has 4 unspecified atom stereocenters. The quantitative estimate of drug-likeness (QED) is 0.765. The van der Waals surface area contributed by atoms with Crippen molar-refractivity contribution in [1.29, 1.82) is 0 Å². The molecular weight excluding hydrogens is 314 g/mol. The largest absolute Gasteiger partial charge is 0.341 e. The van der Waals surface area contributed by atoms with Gasteiger partial charge in [0, 0.05) is 23.8 Å². The zero-order valence-corrected chi connectivity index (χ0v) is 13.6. The van der Waals surface area contributed by atoms with Gasteiger partial charge in [0.2, 0.25) is 5.91 Å². The van der Waals surface area contributed by atoms with Gasteiger partial charge >= 0.3 is 0 Å². The Morgan fingerprint density at radius 3 is 2.60 bits per heavy atom. The fourth-order valence-electron chi connectivity index (χ4n) is 3.46. The summed E-state index contributed by atoms with van der Waals surface area (Å²) in [6.07, 6.45) is 5.88. The summed E-state index contributed by atoms with van der Waals surface area (Å²) in [6, 6.07) is 10.8. The lowest BCUT2D eigenvalue weighted by Gasteiger charge is -2.35. The lowest BCUT2D eigenvalue weighted by Crippen LogP contribution is -2.44. The molecule has 3 heteroatoms. The Bertz CT molecular complexity index is 475. The van der Waals surface area contributed by atoms with Gasteiger partial charge in [-0.3, -0.25) is 4.79 Å². The fourth-order valence-corrected chi connectivity index (χ4v) is 4.41. The maximum atomic E-state index is 12.6. The van der Waals surface area contributed by atoms with Crippen molar-refractivity contribution in [2.75, 3.05) is 7.05 Å². The summed E-state index contributed by atoms with van der Waals surface area (Å²) in [5.74, 6) is 1.00. The van der Waals surface area contributed by atoms with Gasteiger partial charge < -0.3 is 4.90 Å². The highest BCUT2D eigenvalue weighted by molar-refractivity contribution is 9.09. The highest BCUT2D eigenvalue weighted by Crippen LogP contribution is 2.48. The number of amides is 1. The lowest BCUT2D eigenvalue weighted by molar-refractivity contribution is -0.133. The van der Waals surface area contributed by atoms with Crippen molar-refractivity contribution in [3.8, 4) is 0 Å². The van der Waals surface area contributed by atoms with Crippen LogP contribution in [0.3, 0.4) is 0 Å². The second-order valence-corrected chi connectivity index (χ2v) is 7.35. The highest BCUT2D eigenvalue weighted by Gasteiger charge is 2.46. The minimum atomic E-state index is 0.212. The second-order valence-electron chi connectivity index (χ2n) is 6.18. The van der Waals surface area contributed by atoms with E-state index >= 15 is 0 Å². The predicted molar refractivity (Wildman–Crippen MR) is 85.0 cm³/mol. The standard InChI is InChI=1S/C17H22BrNO/c1-19(16-10-6-5-9-15(16)18)17(20)14-11-13(14)12-7-3-2-4-8-12/h2-4,7-8,13-16H,5-6,9-11H2,1H3. The molecule has 2 aliphatic carbocycles. The number of halogens is 1. The summed E-state index contributed by atoms with van der Waals surface area (Å²) in [4.78, 5) is 15.1. The summed E-state index contributed by atoms with van der Waals surface area (Å²) in [7, 11) is 1.99. The molecule has 0 spiro atoms. The van der Waals surface area contributed by atoms with Gasteiger partial charge in [0.1, 0.15) is 0 Å². The number of carbonyl (C=O) groups excluding carboxylic acids is 1. The Balaban J connectivity index is 1.62. The Kier molecular flexibility index (Phi) is 4.16. The van der Waals surface area contributed by atoms with Gasteiger partial charge in [-0.1, -0.05) is 59.1 Å². The molecule has 0 radical (unpaired) electrons. The third kappa shape index (κ3) is 2.78. The molecule has 0 aliphatic heterocycles. The number of hydrogen-bond donors (Lipinski definition) is 0. The first-order valence-electron chi connectivity index (χ1n) is 7.64. The van der Waals surface area contributed by atoms with E-state index in [1.807, 2.05) is 18.0 Å². The van der Waals surface area contributed by atoms with Crippen LogP contribution in [0, 0.1) is 5.92 Å². The lowest BCUT2D eigenvalue weighted by atomic mass is 9.94. The van der Waals surface area contributed by atoms with Crippen LogP contribution in [0.4, 0.5) is 0 Å². The van der Waals surface area contributed by atoms with Gasteiger partial charge in [-0.2, -0.15) is 0 Å². The van der Waals surface area contributed by atoms with E-state index in [1.165, 1.54) is 24.8 Å². The van der Waals surface area contributed by atoms with Gasteiger partial charge in [0.05, 0.1) is 0 Å².